The first-order valence-corrected chi connectivity index (χ1v) is 17.9. The van der Waals surface area contributed by atoms with Gasteiger partial charge in [0.25, 0.3) is 0 Å². The summed E-state index contributed by atoms with van der Waals surface area (Å²) >= 11 is 0. The lowest BCUT2D eigenvalue weighted by molar-refractivity contribution is -0.147. The first kappa shape index (κ1) is 41.4. The molecular weight excluding hydrogens is 544 g/mol. The molecule has 0 aromatic rings. The molecule has 0 saturated heterocycles. The molecule has 0 rings (SSSR count). The number of aliphatic carboxylic acids is 1. The minimum Gasteiger partial charge on any atom is -0.481 e. The zero-order chi connectivity index (χ0) is 32.2. The molecule has 0 heterocycles. The van der Waals surface area contributed by atoms with Gasteiger partial charge in [0, 0.05) is 12.8 Å². The summed E-state index contributed by atoms with van der Waals surface area (Å²) in [5.74, 6) is -0.829. The molecule has 0 bridgehead atoms. The van der Waals surface area contributed by atoms with Crippen molar-refractivity contribution in [1.82, 2.24) is 0 Å². The van der Waals surface area contributed by atoms with E-state index < -0.39 is 5.97 Å². The number of unbranched alkanes of at least 4 members (excludes halogenated alkanes) is 12. The van der Waals surface area contributed by atoms with Gasteiger partial charge in [0.05, 0.1) is 0 Å². The molecule has 250 valence electrons. The summed E-state index contributed by atoms with van der Waals surface area (Å²) in [6.45, 7) is 4.38. The molecule has 1 unspecified atom stereocenters. The fourth-order valence-corrected chi connectivity index (χ4v) is 4.77. The molecule has 1 N–H and O–H groups in total. The van der Waals surface area contributed by atoms with Crippen LogP contribution in [0.4, 0.5) is 0 Å². The Morgan fingerprint density at radius 2 is 1.02 bits per heavy atom. The number of carboxylic acid groups (broad SMARTS) is 1. The van der Waals surface area contributed by atoms with Gasteiger partial charge in [-0.3, -0.25) is 9.59 Å². The zero-order valence-corrected chi connectivity index (χ0v) is 28.4. The van der Waals surface area contributed by atoms with Crippen LogP contribution in [-0.2, 0) is 14.3 Å². The third-order valence-corrected chi connectivity index (χ3v) is 7.40. The van der Waals surface area contributed by atoms with Crippen molar-refractivity contribution in [2.24, 2.45) is 0 Å². The van der Waals surface area contributed by atoms with Gasteiger partial charge in [-0.15, -0.1) is 0 Å². The maximum absolute atomic E-state index is 12.5. The molecule has 0 amide bonds. The van der Waals surface area contributed by atoms with E-state index in [0.717, 1.165) is 83.5 Å². The Hall–Kier alpha value is -2.62. The Bertz CT molecular complexity index is 830. The van der Waals surface area contributed by atoms with E-state index in [4.69, 9.17) is 9.84 Å². The third-order valence-electron chi connectivity index (χ3n) is 7.40. The molecule has 4 nitrogen and oxygen atoms in total. The first-order chi connectivity index (χ1) is 21.6. The van der Waals surface area contributed by atoms with Gasteiger partial charge >= 0.3 is 11.9 Å². The van der Waals surface area contributed by atoms with Gasteiger partial charge < -0.3 is 9.84 Å². The lowest BCUT2D eigenvalue weighted by atomic mass is 10.1. The van der Waals surface area contributed by atoms with Crippen molar-refractivity contribution in [1.29, 1.82) is 0 Å². The Labute approximate surface area is 271 Å². The van der Waals surface area contributed by atoms with E-state index in [1.807, 2.05) is 6.08 Å². The van der Waals surface area contributed by atoms with Gasteiger partial charge in [-0.25, -0.2) is 0 Å². The SMILES string of the molecule is CC/C=C\C/C=C\C/C=C\C/C=C\CCCCCCCCC(=O)OC(/C=C\C/C=C\CCCCC)CCCCCCC(=O)O. The Kier molecular flexibility index (Phi) is 32.8. The zero-order valence-electron chi connectivity index (χ0n) is 28.4. The fraction of sp³-hybridized carbons (Fsp3) is 0.650. The molecule has 0 spiro atoms. The van der Waals surface area contributed by atoms with E-state index in [-0.39, 0.29) is 18.5 Å². The summed E-state index contributed by atoms with van der Waals surface area (Å²) < 4.78 is 5.83. The number of hydrogen-bond acceptors (Lipinski definition) is 3. The molecular formula is C40H66O4. The van der Waals surface area contributed by atoms with E-state index in [0.29, 0.717) is 12.8 Å². The van der Waals surface area contributed by atoms with Crippen LogP contribution in [0.5, 0.6) is 0 Å². The molecule has 0 aromatic heterocycles. The smallest absolute Gasteiger partial charge is 0.306 e. The van der Waals surface area contributed by atoms with Gasteiger partial charge in [-0.2, -0.15) is 0 Å². The number of hydrogen-bond donors (Lipinski definition) is 1. The van der Waals surface area contributed by atoms with E-state index in [2.05, 4.69) is 80.7 Å². The number of ether oxygens (including phenoxy) is 1. The van der Waals surface area contributed by atoms with Crippen molar-refractivity contribution in [3.8, 4) is 0 Å². The molecule has 0 saturated carbocycles. The van der Waals surface area contributed by atoms with Crippen molar-refractivity contribution in [3.63, 3.8) is 0 Å². The van der Waals surface area contributed by atoms with Crippen LogP contribution in [0.2, 0.25) is 0 Å². The molecule has 4 heteroatoms. The highest BCUT2D eigenvalue weighted by Gasteiger charge is 2.11. The quantitative estimate of drug-likeness (QED) is 0.0482. The minimum atomic E-state index is -0.732. The summed E-state index contributed by atoms with van der Waals surface area (Å²) in [5.41, 5.74) is 0. The number of allylic oxidation sites excluding steroid dienone is 11. The summed E-state index contributed by atoms with van der Waals surface area (Å²) in [4.78, 5) is 23.2. The topological polar surface area (TPSA) is 63.6 Å². The van der Waals surface area contributed by atoms with Crippen molar-refractivity contribution in [2.75, 3.05) is 0 Å². The highest BCUT2D eigenvalue weighted by molar-refractivity contribution is 5.69. The third kappa shape index (κ3) is 33.9. The second-order valence-electron chi connectivity index (χ2n) is 11.7. The van der Waals surface area contributed by atoms with Crippen LogP contribution in [0.3, 0.4) is 0 Å². The lowest BCUT2D eigenvalue weighted by Crippen LogP contribution is -2.16. The maximum atomic E-state index is 12.5. The highest BCUT2D eigenvalue weighted by Crippen LogP contribution is 2.14. The van der Waals surface area contributed by atoms with Gasteiger partial charge in [-0.05, 0) is 89.5 Å². The number of carbonyl (C=O) groups excluding carboxylic acids is 1. The normalized spacial score (nSPS) is 13.1. The molecule has 0 fully saturated rings. The van der Waals surface area contributed by atoms with Gasteiger partial charge in [-0.1, -0.05) is 132 Å². The average Bonchev–Trinajstić information content (AvgIpc) is 3.01. The largest absolute Gasteiger partial charge is 0.481 e. The van der Waals surface area contributed by atoms with Crippen LogP contribution in [0.25, 0.3) is 0 Å². The van der Waals surface area contributed by atoms with Crippen LogP contribution < -0.4 is 0 Å². The highest BCUT2D eigenvalue weighted by atomic mass is 16.5. The second kappa shape index (κ2) is 34.9. The number of carboxylic acids is 1. The molecule has 0 aliphatic rings. The van der Waals surface area contributed by atoms with Crippen LogP contribution in [0.1, 0.15) is 162 Å². The monoisotopic (exact) mass is 610 g/mol. The molecule has 0 aliphatic carbocycles. The van der Waals surface area contributed by atoms with E-state index in [1.165, 1.54) is 44.9 Å². The van der Waals surface area contributed by atoms with Crippen molar-refractivity contribution in [3.05, 3.63) is 72.9 Å². The Balaban J connectivity index is 4.05. The molecule has 44 heavy (non-hydrogen) atoms. The van der Waals surface area contributed by atoms with Crippen LogP contribution in [-0.4, -0.2) is 23.1 Å². The lowest BCUT2D eigenvalue weighted by Gasteiger charge is -2.14. The average molecular weight is 611 g/mol. The van der Waals surface area contributed by atoms with Gasteiger partial charge in [0.1, 0.15) is 6.10 Å². The first-order valence-electron chi connectivity index (χ1n) is 17.9. The number of carbonyl (C=O) groups is 2. The summed E-state index contributed by atoms with van der Waals surface area (Å²) in [6.07, 6.45) is 49.3. The van der Waals surface area contributed by atoms with E-state index in [9.17, 15) is 9.59 Å². The van der Waals surface area contributed by atoms with Gasteiger partial charge in [0.15, 0.2) is 0 Å². The van der Waals surface area contributed by atoms with Crippen LogP contribution in [0.15, 0.2) is 72.9 Å². The number of rotatable bonds is 31. The van der Waals surface area contributed by atoms with Crippen LogP contribution in [0, 0.1) is 0 Å². The summed E-state index contributed by atoms with van der Waals surface area (Å²) in [6, 6.07) is 0. The fourth-order valence-electron chi connectivity index (χ4n) is 4.77. The number of esters is 1. The Morgan fingerprint density at radius 1 is 0.545 bits per heavy atom. The minimum absolute atomic E-state index is 0.0972. The summed E-state index contributed by atoms with van der Waals surface area (Å²) in [7, 11) is 0. The Morgan fingerprint density at radius 3 is 1.61 bits per heavy atom. The van der Waals surface area contributed by atoms with Crippen molar-refractivity contribution in [2.45, 2.75) is 168 Å². The van der Waals surface area contributed by atoms with Gasteiger partial charge in [0.2, 0.25) is 0 Å². The molecule has 0 aliphatic heterocycles. The summed E-state index contributed by atoms with van der Waals surface area (Å²) in [5, 5.41) is 8.80. The second-order valence-corrected chi connectivity index (χ2v) is 11.7. The molecule has 1 atom stereocenters. The molecule has 0 aromatic carbocycles. The predicted octanol–water partition coefficient (Wildman–Crippen LogP) is 12.3. The van der Waals surface area contributed by atoms with E-state index >= 15 is 0 Å². The maximum Gasteiger partial charge on any atom is 0.306 e. The standard InChI is InChI=1S/C40H66O4/c1-3-5-7-9-11-13-14-15-16-17-18-19-20-21-22-23-25-27-33-37-40(43)44-38(35-31-28-29-32-36-39(41)42)34-30-26-24-12-10-8-6-4-2/h5,7,11-13,15-16,18-19,24,30,34,38H,3-4,6,8-10,14,17,20-23,25-29,31-33,35-37H2,1-2H3,(H,41,42)/b7-5-,13-11-,16-15-,19-18-,24-12-,34-30-. The van der Waals surface area contributed by atoms with Crippen molar-refractivity contribution >= 4 is 11.9 Å². The van der Waals surface area contributed by atoms with Crippen LogP contribution >= 0.6 is 0 Å². The molecule has 0 radical (unpaired) electrons. The van der Waals surface area contributed by atoms with Crippen molar-refractivity contribution < 1.29 is 19.4 Å². The van der Waals surface area contributed by atoms with E-state index in [1.54, 1.807) is 0 Å². The predicted molar refractivity (Wildman–Crippen MR) is 190 cm³/mol.